The van der Waals surface area contributed by atoms with Crippen molar-refractivity contribution in [1.29, 1.82) is 0 Å². The average Bonchev–Trinajstić information content (AvgIpc) is 3.55. The normalized spacial score (nSPS) is 10.9. The first-order chi connectivity index (χ1) is 38.5. The van der Waals surface area contributed by atoms with E-state index in [1.165, 1.54) is 11.1 Å². The predicted molar refractivity (Wildman–Crippen MR) is 332 cm³/mol. The number of aryl methyl sites for hydroxylation is 2. The van der Waals surface area contributed by atoms with E-state index in [9.17, 15) is 0 Å². The van der Waals surface area contributed by atoms with Crippen molar-refractivity contribution in [2.75, 3.05) is 20.4 Å². The first-order valence-corrected chi connectivity index (χ1v) is 26.6. The molecule has 0 spiro atoms. The lowest BCUT2D eigenvalue weighted by Gasteiger charge is -2.25. The van der Waals surface area contributed by atoms with Crippen LogP contribution in [-0.2, 0) is 0 Å². The highest BCUT2D eigenvalue weighted by Gasteiger charge is 2.17. The van der Waals surface area contributed by atoms with Crippen molar-refractivity contribution in [2.24, 2.45) is 0 Å². The van der Waals surface area contributed by atoms with Crippen LogP contribution < -0.4 is 20.4 Å². The van der Waals surface area contributed by atoms with Crippen LogP contribution in [0.3, 0.4) is 0 Å². The lowest BCUT2D eigenvalue weighted by Crippen LogP contribution is -2.09. The Hall–Kier alpha value is -10.2. The Balaban J connectivity index is 0.869. The van der Waals surface area contributed by atoms with Crippen molar-refractivity contribution >= 4 is 56.9 Å². The van der Waals surface area contributed by atoms with E-state index < -0.39 is 0 Å². The van der Waals surface area contributed by atoms with Crippen molar-refractivity contribution in [3.05, 3.63) is 314 Å². The molecule has 0 aromatic heterocycles. The van der Waals surface area contributed by atoms with Gasteiger partial charge in [0.2, 0.25) is 0 Å². The molecule has 12 rings (SSSR count). The molecule has 0 saturated carbocycles. The molecular weight excluding hydrogens is 945 g/mol. The van der Waals surface area contributed by atoms with E-state index in [0.717, 1.165) is 113 Å². The fraction of sp³-hybridized carbons (Fsp3) is 0.0270. The first kappa shape index (κ1) is 48.8. The summed E-state index contributed by atoms with van der Waals surface area (Å²) < 4.78 is 0. The Morgan fingerprint density at radius 3 is 0.756 bits per heavy atom. The highest BCUT2D eigenvalue weighted by Crippen LogP contribution is 2.42. The Morgan fingerprint density at radius 2 is 0.462 bits per heavy atom. The fourth-order valence-corrected chi connectivity index (χ4v) is 10.2. The van der Waals surface area contributed by atoms with Gasteiger partial charge in [-0.15, -0.1) is 0 Å². The van der Waals surface area contributed by atoms with Crippen molar-refractivity contribution in [3.8, 4) is 55.6 Å². The maximum Gasteiger partial charge on any atom is 0.0464 e. The SMILES string of the molecule is Cc1ccc(Nc2ccc(-c3ccc(Nc4ccc(C)cc4)c(-c4ccc(-c5ccc(N(c6ccccc6)c6ccccc6)cc5)cc4)c3)cc2-c2ccc(-c3ccc(N(c4ccccc4)c4ccccc4)cc3)cc2)cc1. The van der Waals surface area contributed by atoms with Gasteiger partial charge in [0, 0.05) is 68.0 Å². The van der Waals surface area contributed by atoms with E-state index in [2.05, 4.69) is 338 Å². The van der Waals surface area contributed by atoms with Gasteiger partial charge in [-0.25, -0.2) is 0 Å². The Kier molecular flexibility index (Phi) is 14.0. The van der Waals surface area contributed by atoms with Crippen LogP contribution in [0.2, 0.25) is 0 Å². The molecule has 0 saturated heterocycles. The Morgan fingerprint density at radius 1 is 0.218 bits per heavy atom. The number of anilines is 10. The van der Waals surface area contributed by atoms with Crippen LogP contribution in [0.15, 0.2) is 303 Å². The van der Waals surface area contributed by atoms with E-state index in [1.807, 2.05) is 0 Å². The van der Waals surface area contributed by atoms with Gasteiger partial charge in [0.25, 0.3) is 0 Å². The number of nitrogens with one attached hydrogen (secondary N) is 2. The molecule has 0 bridgehead atoms. The van der Waals surface area contributed by atoms with Gasteiger partial charge in [-0.05, 0) is 180 Å². The second-order valence-electron chi connectivity index (χ2n) is 19.8. The topological polar surface area (TPSA) is 30.5 Å². The summed E-state index contributed by atoms with van der Waals surface area (Å²) in [5.41, 5.74) is 24.6. The Labute approximate surface area is 458 Å². The summed E-state index contributed by atoms with van der Waals surface area (Å²) in [6.07, 6.45) is 0. The summed E-state index contributed by atoms with van der Waals surface area (Å²) in [7, 11) is 0. The van der Waals surface area contributed by atoms with Gasteiger partial charge >= 0.3 is 0 Å². The van der Waals surface area contributed by atoms with Gasteiger partial charge in [0.15, 0.2) is 0 Å². The quantitative estimate of drug-likeness (QED) is 0.107. The minimum Gasteiger partial charge on any atom is -0.355 e. The fourth-order valence-electron chi connectivity index (χ4n) is 10.2. The van der Waals surface area contributed by atoms with E-state index in [0.29, 0.717) is 0 Å². The van der Waals surface area contributed by atoms with Crippen LogP contribution in [0.1, 0.15) is 11.1 Å². The second kappa shape index (κ2) is 22.4. The molecule has 0 aliphatic carbocycles. The lowest BCUT2D eigenvalue weighted by atomic mass is 9.93. The zero-order valence-corrected chi connectivity index (χ0v) is 43.8. The summed E-state index contributed by atoms with van der Waals surface area (Å²) in [5, 5.41) is 7.54. The number of rotatable bonds is 15. The van der Waals surface area contributed by atoms with Crippen molar-refractivity contribution in [1.82, 2.24) is 0 Å². The third kappa shape index (κ3) is 10.8. The van der Waals surface area contributed by atoms with E-state index in [1.54, 1.807) is 0 Å². The molecule has 0 heterocycles. The average molecular weight is 1000 g/mol. The maximum atomic E-state index is 3.77. The summed E-state index contributed by atoms with van der Waals surface area (Å²) >= 11 is 0. The van der Waals surface area contributed by atoms with Gasteiger partial charge in [-0.3, -0.25) is 0 Å². The standard InChI is InChI=1S/C74H58N4/c1-53-23-41-63(42-24-53)75-73-49-39-61(51-71(73)59-31-27-55(28-32-59)57-35-45-69(46-36-57)77(65-15-7-3-8-16-65)66-17-9-4-10-18-66)62-40-50-74(76-64-43-25-54(2)26-44-64)72(52-62)60-33-29-56(30-34-60)58-37-47-70(48-38-58)78(67-19-11-5-12-20-67)68-21-13-6-14-22-68/h3-52,75-76H,1-2H3. The molecule has 4 heteroatoms. The molecule has 12 aromatic rings. The van der Waals surface area contributed by atoms with Crippen LogP contribution in [-0.4, -0.2) is 0 Å². The zero-order valence-electron chi connectivity index (χ0n) is 43.8. The molecule has 12 aromatic carbocycles. The minimum atomic E-state index is 1.04. The van der Waals surface area contributed by atoms with Gasteiger partial charge in [0.05, 0.1) is 0 Å². The van der Waals surface area contributed by atoms with Crippen LogP contribution in [0.25, 0.3) is 55.6 Å². The predicted octanol–water partition coefficient (Wildman–Crippen LogP) is 21.1. The largest absolute Gasteiger partial charge is 0.355 e. The monoisotopic (exact) mass is 1000 g/mol. The summed E-state index contributed by atoms with van der Waals surface area (Å²) in [6.45, 7) is 4.24. The highest BCUT2D eigenvalue weighted by molar-refractivity contribution is 5.90. The van der Waals surface area contributed by atoms with Crippen LogP contribution in [0.4, 0.5) is 56.9 Å². The molecule has 4 nitrogen and oxygen atoms in total. The van der Waals surface area contributed by atoms with Crippen LogP contribution in [0.5, 0.6) is 0 Å². The minimum absolute atomic E-state index is 1.04. The number of para-hydroxylation sites is 4. The van der Waals surface area contributed by atoms with Crippen LogP contribution in [0, 0.1) is 13.8 Å². The summed E-state index contributed by atoms with van der Waals surface area (Å²) in [4.78, 5) is 4.59. The lowest BCUT2D eigenvalue weighted by molar-refractivity contribution is 1.28. The molecule has 374 valence electrons. The van der Waals surface area contributed by atoms with Gasteiger partial charge in [-0.2, -0.15) is 0 Å². The molecule has 0 unspecified atom stereocenters. The smallest absolute Gasteiger partial charge is 0.0464 e. The third-order valence-corrected chi connectivity index (χ3v) is 14.4. The molecule has 0 radical (unpaired) electrons. The number of benzene rings is 12. The molecule has 78 heavy (non-hydrogen) atoms. The highest BCUT2D eigenvalue weighted by atomic mass is 15.1. The molecule has 0 fully saturated rings. The molecular formula is C74H58N4. The van der Waals surface area contributed by atoms with Gasteiger partial charge in [0.1, 0.15) is 0 Å². The number of hydrogen-bond donors (Lipinski definition) is 2. The molecule has 0 amide bonds. The number of hydrogen-bond acceptors (Lipinski definition) is 4. The maximum absolute atomic E-state index is 3.77. The number of nitrogens with zero attached hydrogens (tertiary/aromatic N) is 2. The van der Waals surface area contributed by atoms with Crippen molar-refractivity contribution in [3.63, 3.8) is 0 Å². The molecule has 2 N–H and O–H groups in total. The molecule has 0 aliphatic heterocycles. The van der Waals surface area contributed by atoms with Gasteiger partial charge < -0.3 is 20.4 Å². The summed E-state index contributed by atoms with van der Waals surface area (Å²) in [5.74, 6) is 0. The second-order valence-corrected chi connectivity index (χ2v) is 19.8. The van der Waals surface area contributed by atoms with E-state index in [4.69, 9.17) is 0 Å². The van der Waals surface area contributed by atoms with Crippen molar-refractivity contribution < 1.29 is 0 Å². The van der Waals surface area contributed by atoms with E-state index in [-0.39, 0.29) is 0 Å². The molecule has 0 aliphatic rings. The van der Waals surface area contributed by atoms with Crippen molar-refractivity contribution in [2.45, 2.75) is 13.8 Å². The first-order valence-electron chi connectivity index (χ1n) is 26.6. The zero-order chi connectivity index (χ0) is 52.6. The van der Waals surface area contributed by atoms with Crippen LogP contribution >= 0.6 is 0 Å². The summed E-state index contributed by atoms with van der Waals surface area (Å²) in [6, 6.07) is 109. The third-order valence-electron chi connectivity index (χ3n) is 14.4. The molecule has 0 atom stereocenters. The van der Waals surface area contributed by atoms with Gasteiger partial charge in [-0.1, -0.05) is 193 Å². The van der Waals surface area contributed by atoms with E-state index >= 15 is 0 Å². The Bertz CT molecular complexity index is 3560.